The van der Waals surface area contributed by atoms with Crippen molar-refractivity contribution >= 4 is 27.9 Å². The Bertz CT molecular complexity index is 757. The third kappa shape index (κ3) is 1.74. The lowest BCUT2D eigenvalue weighted by molar-refractivity contribution is 0.630. The van der Waals surface area contributed by atoms with Gasteiger partial charge in [-0.2, -0.15) is 9.61 Å². The summed E-state index contributed by atoms with van der Waals surface area (Å²) in [7, 11) is 0. The summed E-state index contributed by atoms with van der Waals surface area (Å²) < 4.78 is 15.6. The number of aromatic nitrogens is 4. The first-order valence-corrected chi connectivity index (χ1v) is 7.10. The molecule has 1 aliphatic carbocycles. The number of fused-ring (bicyclic) bond motifs is 1. The second-order valence-corrected chi connectivity index (χ2v) is 5.89. The molecule has 0 bridgehead atoms. The lowest BCUT2D eigenvalue weighted by atomic mass is 10.2. The van der Waals surface area contributed by atoms with Crippen LogP contribution < -0.4 is 0 Å². The molecule has 0 unspecified atom stereocenters. The van der Waals surface area contributed by atoms with Gasteiger partial charge in [-0.05, 0) is 25.0 Å². The first kappa shape index (κ1) is 11.3. The second kappa shape index (κ2) is 3.98. The van der Waals surface area contributed by atoms with Gasteiger partial charge < -0.3 is 0 Å². The summed E-state index contributed by atoms with van der Waals surface area (Å²) in [5.74, 6) is 0.941. The number of benzene rings is 1. The van der Waals surface area contributed by atoms with Gasteiger partial charge in [0.2, 0.25) is 4.96 Å². The van der Waals surface area contributed by atoms with Gasteiger partial charge in [-0.1, -0.05) is 29.0 Å². The molecule has 0 spiro atoms. The van der Waals surface area contributed by atoms with Crippen molar-refractivity contribution in [2.75, 3.05) is 0 Å². The molecule has 19 heavy (non-hydrogen) atoms. The highest BCUT2D eigenvalue weighted by Crippen LogP contribution is 2.40. The molecular formula is C12H8ClFN4S. The van der Waals surface area contributed by atoms with Gasteiger partial charge in [-0.25, -0.2) is 4.39 Å². The van der Waals surface area contributed by atoms with Crippen LogP contribution in [0.1, 0.15) is 24.6 Å². The van der Waals surface area contributed by atoms with Crippen LogP contribution in [0.2, 0.25) is 5.02 Å². The Morgan fingerprint density at radius 2 is 2.16 bits per heavy atom. The fraction of sp³-hybridized carbons (Fsp3) is 0.250. The molecule has 2 heterocycles. The van der Waals surface area contributed by atoms with Crippen LogP contribution in [0, 0.1) is 5.82 Å². The Hall–Kier alpha value is -1.53. The Morgan fingerprint density at radius 3 is 2.89 bits per heavy atom. The van der Waals surface area contributed by atoms with E-state index in [2.05, 4.69) is 15.3 Å². The standard InChI is InChI=1S/C12H8ClFN4S/c13-7-2-1-3-8(14)9(7)11-17-18-10(6-4-5-6)15-16-12(18)19-11/h1-3,6H,4-5H2. The zero-order valence-electron chi connectivity index (χ0n) is 9.68. The average molecular weight is 295 g/mol. The summed E-state index contributed by atoms with van der Waals surface area (Å²) in [6.07, 6.45) is 2.24. The first-order valence-electron chi connectivity index (χ1n) is 5.90. The quantitative estimate of drug-likeness (QED) is 0.726. The highest BCUT2D eigenvalue weighted by atomic mass is 35.5. The number of rotatable bonds is 2. The minimum Gasteiger partial charge on any atom is -0.206 e. The molecule has 0 aliphatic heterocycles. The molecule has 7 heteroatoms. The van der Waals surface area contributed by atoms with E-state index in [0.717, 1.165) is 18.7 Å². The second-order valence-electron chi connectivity index (χ2n) is 4.53. The van der Waals surface area contributed by atoms with Crippen molar-refractivity contribution in [3.05, 3.63) is 34.9 Å². The maximum absolute atomic E-state index is 13.9. The molecule has 3 aromatic rings. The van der Waals surface area contributed by atoms with Crippen molar-refractivity contribution < 1.29 is 4.39 Å². The normalized spacial score (nSPS) is 15.3. The minimum absolute atomic E-state index is 0.335. The van der Waals surface area contributed by atoms with Gasteiger partial charge in [0, 0.05) is 5.92 Å². The zero-order valence-corrected chi connectivity index (χ0v) is 11.2. The lowest BCUT2D eigenvalue weighted by Gasteiger charge is -2.00. The highest BCUT2D eigenvalue weighted by molar-refractivity contribution is 7.19. The zero-order chi connectivity index (χ0) is 13.0. The molecule has 0 N–H and O–H groups in total. The minimum atomic E-state index is -0.370. The van der Waals surface area contributed by atoms with Crippen LogP contribution in [0.5, 0.6) is 0 Å². The average Bonchev–Trinajstić information content (AvgIpc) is 3.00. The van der Waals surface area contributed by atoms with Crippen molar-refractivity contribution in [1.82, 2.24) is 19.8 Å². The summed E-state index contributed by atoms with van der Waals surface area (Å²) >= 11 is 7.35. The van der Waals surface area contributed by atoms with Gasteiger partial charge in [-0.3, -0.25) is 0 Å². The fourth-order valence-electron chi connectivity index (χ4n) is 2.03. The molecule has 0 amide bonds. The smallest absolute Gasteiger partial charge is 0.206 e. The van der Waals surface area contributed by atoms with E-state index in [1.54, 1.807) is 16.6 Å². The van der Waals surface area contributed by atoms with Crippen LogP contribution in [0.25, 0.3) is 15.5 Å². The molecule has 0 atom stereocenters. The molecule has 1 saturated carbocycles. The predicted molar refractivity (Wildman–Crippen MR) is 71.0 cm³/mol. The highest BCUT2D eigenvalue weighted by Gasteiger charge is 2.30. The summed E-state index contributed by atoms with van der Waals surface area (Å²) in [4.78, 5) is 0.677. The monoisotopic (exact) mass is 294 g/mol. The molecule has 4 rings (SSSR count). The Kier molecular flexibility index (Phi) is 2.37. The van der Waals surface area contributed by atoms with Gasteiger partial charge in [0.05, 0.1) is 10.6 Å². The maximum Gasteiger partial charge on any atom is 0.234 e. The SMILES string of the molecule is Fc1cccc(Cl)c1-c1nn2c(C3CC3)nnc2s1. The number of hydrogen-bond acceptors (Lipinski definition) is 4. The predicted octanol–water partition coefficient (Wildman–Crippen LogP) is 3.52. The van der Waals surface area contributed by atoms with E-state index in [1.165, 1.54) is 17.4 Å². The maximum atomic E-state index is 13.9. The summed E-state index contributed by atoms with van der Waals surface area (Å²) in [5, 5.41) is 13.5. The lowest BCUT2D eigenvalue weighted by Crippen LogP contribution is -1.94. The third-order valence-electron chi connectivity index (χ3n) is 3.13. The molecular weight excluding hydrogens is 287 g/mol. The Balaban J connectivity index is 1.91. The van der Waals surface area contributed by atoms with Crippen molar-refractivity contribution in [3.8, 4) is 10.6 Å². The van der Waals surface area contributed by atoms with E-state index in [-0.39, 0.29) is 5.82 Å². The van der Waals surface area contributed by atoms with Gasteiger partial charge in [0.25, 0.3) is 0 Å². The first-order chi connectivity index (χ1) is 9.24. The molecule has 2 aromatic heterocycles. The van der Waals surface area contributed by atoms with Crippen LogP contribution in [0.4, 0.5) is 4.39 Å². The molecule has 1 fully saturated rings. The van der Waals surface area contributed by atoms with Crippen molar-refractivity contribution in [2.24, 2.45) is 0 Å². The Labute approximate surface area is 116 Å². The summed E-state index contributed by atoms with van der Waals surface area (Å²) in [5.41, 5.74) is 0.335. The van der Waals surface area contributed by atoms with Crippen molar-refractivity contribution in [3.63, 3.8) is 0 Å². The van der Waals surface area contributed by atoms with Crippen molar-refractivity contribution in [2.45, 2.75) is 18.8 Å². The van der Waals surface area contributed by atoms with E-state index in [0.29, 0.717) is 26.5 Å². The summed E-state index contributed by atoms with van der Waals surface area (Å²) in [6, 6.07) is 4.62. The Morgan fingerprint density at radius 1 is 1.32 bits per heavy atom. The van der Waals surface area contributed by atoms with Crippen LogP contribution in [0.15, 0.2) is 18.2 Å². The third-order valence-corrected chi connectivity index (χ3v) is 4.37. The van der Waals surface area contributed by atoms with Crippen LogP contribution >= 0.6 is 22.9 Å². The van der Waals surface area contributed by atoms with Crippen LogP contribution in [-0.2, 0) is 0 Å². The van der Waals surface area contributed by atoms with Gasteiger partial charge in [0.15, 0.2) is 10.8 Å². The van der Waals surface area contributed by atoms with E-state index >= 15 is 0 Å². The fourth-order valence-corrected chi connectivity index (χ4v) is 3.25. The van der Waals surface area contributed by atoms with Gasteiger partial charge in [-0.15, -0.1) is 10.2 Å². The topological polar surface area (TPSA) is 43.1 Å². The van der Waals surface area contributed by atoms with E-state index in [4.69, 9.17) is 11.6 Å². The number of nitrogens with zero attached hydrogens (tertiary/aromatic N) is 4. The molecule has 1 aliphatic rings. The van der Waals surface area contributed by atoms with Gasteiger partial charge in [0.1, 0.15) is 5.82 Å². The van der Waals surface area contributed by atoms with E-state index in [9.17, 15) is 4.39 Å². The number of halogens is 2. The number of hydrogen-bond donors (Lipinski definition) is 0. The molecule has 0 radical (unpaired) electrons. The van der Waals surface area contributed by atoms with Crippen LogP contribution in [0.3, 0.4) is 0 Å². The molecule has 0 saturated heterocycles. The molecule has 96 valence electrons. The largest absolute Gasteiger partial charge is 0.234 e. The van der Waals surface area contributed by atoms with E-state index in [1.807, 2.05) is 0 Å². The van der Waals surface area contributed by atoms with Crippen molar-refractivity contribution in [1.29, 1.82) is 0 Å². The molecule has 4 nitrogen and oxygen atoms in total. The molecule has 1 aromatic carbocycles. The van der Waals surface area contributed by atoms with Crippen LogP contribution in [-0.4, -0.2) is 19.8 Å². The summed E-state index contributed by atoms with van der Waals surface area (Å²) in [6.45, 7) is 0. The van der Waals surface area contributed by atoms with Gasteiger partial charge >= 0.3 is 0 Å². The van der Waals surface area contributed by atoms with E-state index < -0.39 is 0 Å².